The van der Waals surface area contributed by atoms with Crippen molar-refractivity contribution >= 4 is 39.5 Å². The molecule has 564 valence electrons. The average Bonchev–Trinajstić information content (AvgIpc) is 1.46. The van der Waals surface area contributed by atoms with Crippen molar-refractivity contribution in [2.75, 3.05) is 39.6 Å². The topological polar surface area (TPSA) is 237 Å². The van der Waals surface area contributed by atoms with Crippen molar-refractivity contribution in [1.29, 1.82) is 0 Å². The van der Waals surface area contributed by atoms with Gasteiger partial charge in [-0.3, -0.25) is 37.3 Å². The molecular formula is C76H148O17P2. The molecule has 95 heavy (non-hydrogen) atoms. The summed E-state index contributed by atoms with van der Waals surface area (Å²) >= 11 is 0. The second-order valence-electron chi connectivity index (χ2n) is 29.1. The van der Waals surface area contributed by atoms with Gasteiger partial charge in [-0.1, -0.05) is 331 Å². The van der Waals surface area contributed by atoms with Crippen LogP contribution in [0.1, 0.15) is 383 Å². The Morgan fingerprint density at radius 3 is 0.747 bits per heavy atom. The lowest BCUT2D eigenvalue weighted by atomic mass is 9.99. The number of unbranched alkanes of at least 4 members (excludes halogenated alkanes) is 38. The molecule has 0 aliphatic rings. The highest BCUT2D eigenvalue weighted by atomic mass is 31.2. The number of esters is 4. The molecule has 0 aromatic heterocycles. The van der Waals surface area contributed by atoms with Crippen molar-refractivity contribution in [3.8, 4) is 0 Å². The van der Waals surface area contributed by atoms with Crippen LogP contribution in [0.5, 0.6) is 0 Å². The summed E-state index contributed by atoms with van der Waals surface area (Å²) in [5.41, 5.74) is 0. The lowest BCUT2D eigenvalue weighted by Gasteiger charge is -2.21. The molecule has 0 spiro atoms. The van der Waals surface area contributed by atoms with E-state index in [-0.39, 0.29) is 25.7 Å². The van der Waals surface area contributed by atoms with Gasteiger partial charge in [0.1, 0.15) is 19.3 Å². The van der Waals surface area contributed by atoms with Gasteiger partial charge in [0.15, 0.2) is 12.2 Å². The van der Waals surface area contributed by atoms with Crippen molar-refractivity contribution in [3.63, 3.8) is 0 Å². The standard InChI is InChI=1S/C76H148O17P2/c1-9-69(8)55-47-39-31-22-17-19-25-35-43-51-59-76(81)93-72(63-87-74(79)57-49-41-33-27-26-30-38-46-54-68(6)7)65-91-95(84,85)89-61-70(77)60-88-94(82,83)90-64-71(62-86-73(78)56-48-40-32-23-18-16-21-29-37-45-53-67(4)5)92-75(80)58-50-42-34-24-15-13-11-10-12-14-20-28-36-44-52-66(2)3/h66-72,77H,9-65H2,1-8H3,(H,82,83)(H,84,85)/t69?,70?,71-,72-/m1/s1. The zero-order chi connectivity index (χ0) is 70.3. The third-order valence-electron chi connectivity index (χ3n) is 17.9. The number of carbonyl (C=O) groups excluding carboxylic acids is 4. The van der Waals surface area contributed by atoms with Gasteiger partial charge < -0.3 is 33.8 Å². The van der Waals surface area contributed by atoms with E-state index in [1.165, 1.54) is 186 Å². The van der Waals surface area contributed by atoms with Gasteiger partial charge in [-0.25, -0.2) is 9.13 Å². The van der Waals surface area contributed by atoms with Gasteiger partial charge in [0.05, 0.1) is 26.4 Å². The first-order valence-corrected chi connectivity index (χ1v) is 42.2. The van der Waals surface area contributed by atoms with E-state index in [2.05, 4.69) is 55.4 Å². The molecule has 0 fully saturated rings. The number of aliphatic hydroxyl groups is 1. The van der Waals surface area contributed by atoms with Crippen molar-refractivity contribution in [3.05, 3.63) is 0 Å². The maximum absolute atomic E-state index is 13.1. The van der Waals surface area contributed by atoms with Crippen molar-refractivity contribution in [2.24, 2.45) is 23.7 Å². The Labute approximate surface area is 581 Å². The molecule has 4 unspecified atom stereocenters. The smallest absolute Gasteiger partial charge is 0.462 e. The second kappa shape index (κ2) is 65.4. The van der Waals surface area contributed by atoms with E-state index in [9.17, 15) is 43.2 Å². The Morgan fingerprint density at radius 2 is 0.505 bits per heavy atom. The molecule has 0 aromatic rings. The molecule has 3 N–H and O–H groups in total. The Kier molecular flexibility index (Phi) is 64.0. The van der Waals surface area contributed by atoms with E-state index in [0.29, 0.717) is 25.7 Å². The van der Waals surface area contributed by atoms with Crippen LogP contribution in [-0.2, 0) is 65.4 Å². The molecule has 17 nitrogen and oxygen atoms in total. The lowest BCUT2D eigenvalue weighted by Crippen LogP contribution is -2.30. The quantitative estimate of drug-likeness (QED) is 0.0222. The molecule has 0 aromatic carbocycles. The monoisotopic (exact) mass is 1400 g/mol. The highest BCUT2D eigenvalue weighted by Crippen LogP contribution is 2.45. The molecule has 6 atom stereocenters. The predicted octanol–water partition coefficient (Wildman–Crippen LogP) is 22.0. The molecule has 0 rings (SSSR count). The van der Waals surface area contributed by atoms with Gasteiger partial charge in [0.25, 0.3) is 0 Å². The van der Waals surface area contributed by atoms with Crippen molar-refractivity contribution in [2.45, 2.75) is 401 Å². The van der Waals surface area contributed by atoms with E-state index in [1.54, 1.807) is 0 Å². The zero-order valence-corrected chi connectivity index (χ0v) is 64.1. The number of aliphatic hydroxyl groups excluding tert-OH is 1. The summed E-state index contributed by atoms with van der Waals surface area (Å²) < 4.78 is 68.5. The number of rotatable bonds is 73. The van der Waals surface area contributed by atoms with Crippen LogP contribution in [0.25, 0.3) is 0 Å². The molecule has 0 radical (unpaired) electrons. The molecular weight excluding hydrogens is 1250 g/mol. The SMILES string of the molecule is CCC(C)CCCCCCCCCCCCC(=O)O[C@H](COC(=O)CCCCCCCCCCC(C)C)COP(=O)(O)OCC(O)COP(=O)(O)OC[C@@H](COC(=O)CCCCCCCCCCCCC(C)C)OC(=O)CCCCCCCCCCCCCCCCC(C)C. The summed E-state index contributed by atoms with van der Waals surface area (Å²) in [6.45, 7) is 14.2. The molecule has 0 aliphatic heterocycles. The number of hydrogen-bond donors (Lipinski definition) is 3. The number of phosphoric acid groups is 2. The summed E-state index contributed by atoms with van der Waals surface area (Å²) in [6.07, 6.45) is 49.8. The minimum atomic E-state index is -4.96. The fraction of sp³-hybridized carbons (Fsp3) is 0.947. The molecule has 19 heteroatoms. The van der Waals surface area contributed by atoms with Crippen LogP contribution in [0.15, 0.2) is 0 Å². The van der Waals surface area contributed by atoms with E-state index in [1.807, 2.05) is 0 Å². The molecule has 0 aliphatic carbocycles. The molecule has 0 bridgehead atoms. The fourth-order valence-electron chi connectivity index (χ4n) is 11.5. The summed E-state index contributed by atoms with van der Waals surface area (Å²) in [7, 11) is -9.91. The Hall–Kier alpha value is -1.94. The number of ether oxygens (including phenoxy) is 4. The Morgan fingerprint density at radius 1 is 0.295 bits per heavy atom. The Balaban J connectivity index is 5.27. The third-order valence-corrected chi connectivity index (χ3v) is 19.8. The van der Waals surface area contributed by atoms with E-state index >= 15 is 0 Å². The van der Waals surface area contributed by atoms with Gasteiger partial charge in [-0.2, -0.15) is 0 Å². The van der Waals surface area contributed by atoms with Gasteiger partial charge in [-0.05, 0) is 49.4 Å². The van der Waals surface area contributed by atoms with Crippen molar-refractivity contribution in [1.82, 2.24) is 0 Å². The first kappa shape index (κ1) is 93.1. The maximum atomic E-state index is 13.1. The minimum Gasteiger partial charge on any atom is -0.462 e. The highest BCUT2D eigenvalue weighted by molar-refractivity contribution is 7.47. The number of hydrogen-bond acceptors (Lipinski definition) is 15. The van der Waals surface area contributed by atoms with Gasteiger partial charge in [0.2, 0.25) is 0 Å². The van der Waals surface area contributed by atoms with Gasteiger partial charge in [0, 0.05) is 25.7 Å². The van der Waals surface area contributed by atoms with E-state index < -0.39 is 97.5 Å². The molecule has 0 amide bonds. The summed E-state index contributed by atoms with van der Waals surface area (Å²) in [5.74, 6) is 0.962. The summed E-state index contributed by atoms with van der Waals surface area (Å²) in [4.78, 5) is 72.8. The van der Waals surface area contributed by atoms with Gasteiger partial charge >= 0.3 is 39.5 Å². The maximum Gasteiger partial charge on any atom is 0.472 e. The normalized spacial score (nSPS) is 14.4. The Bertz CT molecular complexity index is 1870. The third kappa shape index (κ3) is 69.0. The predicted molar refractivity (Wildman–Crippen MR) is 386 cm³/mol. The summed E-state index contributed by atoms with van der Waals surface area (Å²) in [5, 5.41) is 10.6. The van der Waals surface area contributed by atoms with Crippen LogP contribution in [0.2, 0.25) is 0 Å². The van der Waals surface area contributed by atoms with Gasteiger partial charge in [-0.15, -0.1) is 0 Å². The average molecular weight is 1400 g/mol. The summed E-state index contributed by atoms with van der Waals surface area (Å²) in [6, 6.07) is 0. The minimum absolute atomic E-state index is 0.105. The van der Waals surface area contributed by atoms with Crippen LogP contribution in [0, 0.1) is 23.7 Å². The number of phosphoric ester groups is 2. The van der Waals surface area contributed by atoms with Crippen LogP contribution in [-0.4, -0.2) is 96.7 Å². The van der Waals surface area contributed by atoms with Crippen LogP contribution < -0.4 is 0 Å². The van der Waals surface area contributed by atoms with Crippen LogP contribution in [0.3, 0.4) is 0 Å². The molecule has 0 saturated carbocycles. The lowest BCUT2D eigenvalue weighted by molar-refractivity contribution is -0.161. The first-order chi connectivity index (χ1) is 45.6. The van der Waals surface area contributed by atoms with E-state index in [4.69, 9.17) is 37.0 Å². The van der Waals surface area contributed by atoms with E-state index in [0.717, 1.165) is 114 Å². The van der Waals surface area contributed by atoms with Crippen LogP contribution in [0.4, 0.5) is 0 Å². The molecule has 0 heterocycles. The van der Waals surface area contributed by atoms with Crippen LogP contribution >= 0.6 is 15.6 Å². The fourth-order valence-corrected chi connectivity index (χ4v) is 13.1. The second-order valence-corrected chi connectivity index (χ2v) is 32.0. The largest absolute Gasteiger partial charge is 0.472 e. The molecule has 0 saturated heterocycles. The highest BCUT2D eigenvalue weighted by Gasteiger charge is 2.30. The van der Waals surface area contributed by atoms with Crippen molar-refractivity contribution < 1.29 is 80.2 Å². The number of carbonyl (C=O) groups is 4. The first-order valence-electron chi connectivity index (χ1n) is 39.2. The zero-order valence-electron chi connectivity index (χ0n) is 62.3.